The first kappa shape index (κ1) is 5.06. The van der Waals surface area contributed by atoms with Gasteiger partial charge in [0.25, 0.3) is 0 Å². The van der Waals surface area contributed by atoms with E-state index in [0.29, 0.717) is 6.04 Å². The molecule has 1 saturated carbocycles. The largest absolute Gasteiger partial charge is 0.315 e. The summed E-state index contributed by atoms with van der Waals surface area (Å²) in [5.74, 6) is 0. The molecule has 1 radical (unpaired) electrons. The summed E-state index contributed by atoms with van der Waals surface area (Å²) in [6.45, 7) is 1.92. The van der Waals surface area contributed by atoms with Crippen LogP contribution in [0.5, 0.6) is 0 Å². The fourth-order valence-corrected chi connectivity index (χ4v) is 0.556. The van der Waals surface area contributed by atoms with Gasteiger partial charge in [-0.25, -0.2) is 5.32 Å². The highest BCUT2D eigenvalue weighted by Crippen LogP contribution is 2.19. The quantitative estimate of drug-likeness (QED) is 0.522. The van der Waals surface area contributed by atoms with Crippen LogP contribution in [0.25, 0.3) is 0 Å². The van der Waals surface area contributed by atoms with Crippen molar-refractivity contribution in [1.82, 2.24) is 5.32 Å². The molecule has 1 rings (SSSR count). The van der Waals surface area contributed by atoms with Gasteiger partial charge in [0.2, 0.25) is 0 Å². The summed E-state index contributed by atoms with van der Waals surface area (Å²) >= 11 is 0. The Balaban J connectivity index is 1.97. The van der Waals surface area contributed by atoms with E-state index >= 15 is 0 Å². The SMILES string of the molecule is CC(N)[N]C1CC1. The molecule has 0 saturated heterocycles. The van der Waals surface area contributed by atoms with Gasteiger partial charge in [-0.05, 0) is 19.8 Å². The molecular weight excluding hydrogens is 88.1 g/mol. The minimum absolute atomic E-state index is 0.0625. The number of nitrogens with two attached hydrogens (primary N) is 1. The van der Waals surface area contributed by atoms with E-state index in [4.69, 9.17) is 5.73 Å². The Kier molecular flexibility index (Phi) is 1.30. The summed E-state index contributed by atoms with van der Waals surface area (Å²) < 4.78 is 0. The van der Waals surface area contributed by atoms with E-state index in [-0.39, 0.29) is 6.17 Å². The van der Waals surface area contributed by atoms with Crippen LogP contribution in [0.3, 0.4) is 0 Å². The maximum Gasteiger partial charge on any atom is 0.0685 e. The minimum Gasteiger partial charge on any atom is -0.315 e. The fourth-order valence-electron chi connectivity index (χ4n) is 0.556. The smallest absolute Gasteiger partial charge is 0.0685 e. The van der Waals surface area contributed by atoms with Gasteiger partial charge in [0.15, 0.2) is 0 Å². The van der Waals surface area contributed by atoms with E-state index in [9.17, 15) is 0 Å². The zero-order valence-corrected chi connectivity index (χ0v) is 4.59. The standard InChI is InChI=1S/C5H11N2/c1-4(6)7-5-2-3-5/h4-5H,2-3,6H2,1H3. The van der Waals surface area contributed by atoms with Crippen LogP contribution in [0.2, 0.25) is 0 Å². The summed E-state index contributed by atoms with van der Waals surface area (Å²) in [4.78, 5) is 0. The molecule has 2 nitrogen and oxygen atoms in total. The second-order valence-electron chi connectivity index (χ2n) is 2.12. The molecule has 0 spiro atoms. The maximum atomic E-state index is 5.37. The van der Waals surface area contributed by atoms with Gasteiger partial charge >= 0.3 is 0 Å². The van der Waals surface area contributed by atoms with Crippen LogP contribution in [0.1, 0.15) is 19.8 Å². The molecule has 1 unspecified atom stereocenters. The van der Waals surface area contributed by atoms with Crippen molar-refractivity contribution in [2.45, 2.75) is 32.0 Å². The molecule has 1 aliphatic rings. The predicted molar refractivity (Wildman–Crippen MR) is 28.8 cm³/mol. The third-order valence-electron chi connectivity index (χ3n) is 0.993. The van der Waals surface area contributed by atoms with Crippen molar-refractivity contribution < 1.29 is 0 Å². The highest BCUT2D eigenvalue weighted by Gasteiger charge is 2.22. The molecule has 2 N–H and O–H groups in total. The number of nitrogens with zero attached hydrogens (tertiary/aromatic N) is 1. The van der Waals surface area contributed by atoms with Crippen LogP contribution in [0, 0.1) is 0 Å². The maximum absolute atomic E-state index is 5.37. The van der Waals surface area contributed by atoms with Crippen molar-refractivity contribution in [2.75, 3.05) is 0 Å². The summed E-state index contributed by atoms with van der Waals surface area (Å²) in [6.07, 6.45) is 2.59. The highest BCUT2D eigenvalue weighted by atomic mass is 15.1. The van der Waals surface area contributed by atoms with Crippen molar-refractivity contribution in [3.63, 3.8) is 0 Å². The van der Waals surface area contributed by atoms with E-state index in [2.05, 4.69) is 5.32 Å². The Hall–Kier alpha value is -0.0800. The Labute approximate surface area is 44.1 Å². The second kappa shape index (κ2) is 1.80. The van der Waals surface area contributed by atoms with Crippen molar-refractivity contribution in [1.29, 1.82) is 0 Å². The molecule has 0 heterocycles. The van der Waals surface area contributed by atoms with Gasteiger partial charge in [-0.15, -0.1) is 0 Å². The second-order valence-corrected chi connectivity index (χ2v) is 2.12. The van der Waals surface area contributed by atoms with Crippen molar-refractivity contribution in [3.8, 4) is 0 Å². The van der Waals surface area contributed by atoms with Gasteiger partial charge in [-0.3, -0.25) is 0 Å². The van der Waals surface area contributed by atoms with Crippen LogP contribution < -0.4 is 11.1 Å². The summed E-state index contributed by atoms with van der Waals surface area (Å²) in [5.41, 5.74) is 5.37. The first-order chi connectivity index (χ1) is 3.29. The lowest BCUT2D eigenvalue weighted by Gasteiger charge is -2.00. The van der Waals surface area contributed by atoms with Gasteiger partial charge < -0.3 is 5.73 Å². The first-order valence-corrected chi connectivity index (χ1v) is 2.74. The van der Waals surface area contributed by atoms with Crippen LogP contribution >= 0.6 is 0 Å². The van der Waals surface area contributed by atoms with Crippen molar-refractivity contribution >= 4 is 0 Å². The molecule has 1 atom stereocenters. The average Bonchev–Trinajstić information content (AvgIpc) is 2.17. The van der Waals surface area contributed by atoms with E-state index < -0.39 is 0 Å². The molecular formula is C5H11N2. The Morgan fingerprint density at radius 3 is 2.43 bits per heavy atom. The van der Waals surface area contributed by atoms with Crippen molar-refractivity contribution in [3.05, 3.63) is 0 Å². The molecule has 0 aromatic carbocycles. The lowest BCUT2D eigenvalue weighted by molar-refractivity contribution is 0.550. The van der Waals surface area contributed by atoms with Gasteiger partial charge in [0.1, 0.15) is 0 Å². The summed E-state index contributed by atoms with van der Waals surface area (Å²) in [7, 11) is 0. The Bertz CT molecular complexity index is 57.1. The molecule has 0 aromatic rings. The highest BCUT2D eigenvalue weighted by molar-refractivity contribution is 4.81. The third kappa shape index (κ3) is 1.90. The third-order valence-corrected chi connectivity index (χ3v) is 0.993. The van der Waals surface area contributed by atoms with Gasteiger partial charge in [0, 0.05) is 6.04 Å². The molecule has 0 bridgehead atoms. The lowest BCUT2D eigenvalue weighted by atomic mass is 10.5. The minimum atomic E-state index is 0.0625. The zero-order chi connectivity index (χ0) is 5.28. The summed E-state index contributed by atoms with van der Waals surface area (Å²) in [5, 5.41) is 4.17. The molecule has 7 heavy (non-hydrogen) atoms. The molecule has 41 valence electrons. The monoisotopic (exact) mass is 99.1 g/mol. The fraction of sp³-hybridized carbons (Fsp3) is 1.00. The molecule has 0 amide bonds. The average molecular weight is 99.2 g/mol. The topological polar surface area (TPSA) is 40.1 Å². The number of hydrogen-bond acceptors (Lipinski definition) is 1. The molecule has 2 heteroatoms. The van der Waals surface area contributed by atoms with E-state index in [1.54, 1.807) is 0 Å². The van der Waals surface area contributed by atoms with E-state index in [0.717, 1.165) is 0 Å². The first-order valence-electron chi connectivity index (χ1n) is 2.74. The number of hydrogen-bond donors (Lipinski definition) is 1. The summed E-state index contributed by atoms with van der Waals surface area (Å²) in [6, 6.07) is 0.625. The van der Waals surface area contributed by atoms with Gasteiger partial charge in [0.05, 0.1) is 6.17 Å². The van der Waals surface area contributed by atoms with Gasteiger partial charge in [-0.1, -0.05) is 0 Å². The van der Waals surface area contributed by atoms with Gasteiger partial charge in [-0.2, -0.15) is 0 Å². The van der Waals surface area contributed by atoms with Crippen LogP contribution in [-0.4, -0.2) is 12.2 Å². The molecule has 1 aliphatic carbocycles. The van der Waals surface area contributed by atoms with Crippen LogP contribution in [0.4, 0.5) is 0 Å². The van der Waals surface area contributed by atoms with Crippen LogP contribution in [0.15, 0.2) is 0 Å². The molecule has 0 aromatic heterocycles. The van der Waals surface area contributed by atoms with E-state index in [1.807, 2.05) is 6.92 Å². The van der Waals surface area contributed by atoms with Crippen molar-refractivity contribution in [2.24, 2.45) is 5.73 Å². The normalized spacial score (nSPS) is 24.9. The predicted octanol–water partition coefficient (Wildman–Crippen LogP) is 0.0579. The number of rotatable bonds is 2. The molecule has 1 fully saturated rings. The van der Waals surface area contributed by atoms with E-state index in [1.165, 1.54) is 12.8 Å². The zero-order valence-electron chi connectivity index (χ0n) is 4.59. The van der Waals surface area contributed by atoms with Crippen LogP contribution in [-0.2, 0) is 0 Å². The lowest BCUT2D eigenvalue weighted by Crippen LogP contribution is -2.28. The molecule has 0 aliphatic heterocycles. The Morgan fingerprint density at radius 1 is 1.71 bits per heavy atom. The Morgan fingerprint density at radius 2 is 2.29 bits per heavy atom.